The number of benzene rings is 3. The number of hydrogen-bond donors (Lipinski definition) is 1. The minimum absolute atomic E-state index is 0.101. The summed E-state index contributed by atoms with van der Waals surface area (Å²) in [5, 5.41) is 4.07. The van der Waals surface area contributed by atoms with E-state index in [0.29, 0.717) is 29.0 Å². The zero-order chi connectivity index (χ0) is 22.0. The molecule has 1 heterocycles. The first kappa shape index (κ1) is 22.0. The van der Waals surface area contributed by atoms with E-state index < -0.39 is 17.9 Å². The third-order valence-electron chi connectivity index (χ3n) is 5.14. The Hall–Kier alpha value is -2.18. The molecule has 1 saturated heterocycles. The highest BCUT2D eigenvalue weighted by molar-refractivity contribution is 6.37. The normalized spacial score (nSPS) is 18.4. The molecule has 1 fully saturated rings. The maximum Gasteiger partial charge on any atom is 0.156 e. The van der Waals surface area contributed by atoms with Gasteiger partial charge in [0.25, 0.3) is 0 Å². The van der Waals surface area contributed by atoms with Gasteiger partial charge in [0.2, 0.25) is 0 Å². The van der Waals surface area contributed by atoms with E-state index in [0.717, 1.165) is 23.1 Å². The maximum atomic E-state index is 14.0. The molecule has 0 radical (unpaired) electrons. The van der Waals surface area contributed by atoms with E-state index in [2.05, 4.69) is 5.32 Å². The molecule has 31 heavy (non-hydrogen) atoms. The van der Waals surface area contributed by atoms with Gasteiger partial charge in [-0.25, -0.2) is 8.78 Å². The molecule has 0 aliphatic carbocycles. The predicted molar refractivity (Wildman–Crippen MR) is 119 cm³/mol. The highest BCUT2D eigenvalue weighted by Crippen LogP contribution is 2.38. The van der Waals surface area contributed by atoms with E-state index in [1.807, 2.05) is 43.3 Å². The molecule has 1 aliphatic rings. The molecular weight excluding hydrogens is 443 g/mol. The molecule has 1 N–H and O–H groups in total. The quantitative estimate of drug-likeness (QED) is 0.423. The van der Waals surface area contributed by atoms with E-state index in [1.54, 1.807) is 0 Å². The van der Waals surface area contributed by atoms with Crippen molar-refractivity contribution in [2.45, 2.75) is 25.6 Å². The highest BCUT2D eigenvalue weighted by atomic mass is 35.5. The largest absolute Gasteiger partial charge is 0.490 e. The molecular formula is C24H21Cl2F2NO2. The van der Waals surface area contributed by atoms with Crippen LogP contribution in [-0.4, -0.2) is 13.2 Å². The van der Waals surface area contributed by atoms with Gasteiger partial charge in [-0.3, -0.25) is 5.32 Å². The first-order chi connectivity index (χ1) is 15.0. The van der Waals surface area contributed by atoms with Crippen molar-refractivity contribution in [3.05, 3.63) is 87.4 Å². The van der Waals surface area contributed by atoms with Crippen LogP contribution in [0.25, 0.3) is 11.1 Å². The Bertz CT molecular complexity index is 1030. The van der Waals surface area contributed by atoms with E-state index in [-0.39, 0.29) is 11.6 Å². The topological polar surface area (TPSA) is 30.5 Å². The van der Waals surface area contributed by atoms with Crippen LogP contribution < -0.4 is 10.1 Å². The van der Waals surface area contributed by atoms with E-state index >= 15 is 0 Å². The summed E-state index contributed by atoms with van der Waals surface area (Å²) in [6.07, 6.45) is 0.0262. The number of hydrogen-bond acceptors (Lipinski definition) is 3. The van der Waals surface area contributed by atoms with Gasteiger partial charge in [0, 0.05) is 0 Å². The molecule has 0 saturated carbocycles. The van der Waals surface area contributed by atoms with Crippen molar-refractivity contribution in [1.29, 1.82) is 0 Å². The molecule has 7 heteroatoms. The fourth-order valence-electron chi connectivity index (χ4n) is 3.57. The van der Waals surface area contributed by atoms with Gasteiger partial charge < -0.3 is 9.47 Å². The van der Waals surface area contributed by atoms with Gasteiger partial charge in [0.1, 0.15) is 17.9 Å². The van der Waals surface area contributed by atoms with Crippen molar-refractivity contribution in [3.8, 4) is 16.9 Å². The van der Waals surface area contributed by atoms with E-state index in [4.69, 9.17) is 32.7 Å². The van der Waals surface area contributed by atoms with Crippen LogP contribution in [0.1, 0.15) is 36.7 Å². The second-order valence-electron chi connectivity index (χ2n) is 7.31. The summed E-state index contributed by atoms with van der Waals surface area (Å²) in [5.74, 6) is -0.772. The van der Waals surface area contributed by atoms with Gasteiger partial charge in [-0.2, -0.15) is 0 Å². The lowest BCUT2D eigenvalue weighted by Gasteiger charge is -2.15. The van der Waals surface area contributed by atoms with Gasteiger partial charge >= 0.3 is 0 Å². The van der Waals surface area contributed by atoms with Crippen LogP contribution in [0, 0.1) is 11.6 Å². The SMILES string of the molecule is CCCOc1c(Cl)cc(-c2ccc(C3COC(c4c(F)cccc4F)N3)cc2)cc1Cl. The molecule has 4 rings (SSSR count). The van der Waals surface area contributed by atoms with Crippen LogP contribution in [-0.2, 0) is 4.74 Å². The summed E-state index contributed by atoms with van der Waals surface area (Å²) in [4.78, 5) is 0. The van der Waals surface area contributed by atoms with Crippen molar-refractivity contribution < 1.29 is 18.3 Å². The Labute approximate surface area is 189 Å². The predicted octanol–water partition coefficient (Wildman–Crippen LogP) is 7.09. The van der Waals surface area contributed by atoms with Gasteiger partial charge in [-0.05, 0) is 47.4 Å². The monoisotopic (exact) mass is 463 g/mol. The van der Waals surface area contributed by atoms with Crippen molar-refractivity contribution in [2.75, 3.05) is 13.2 Å². The molecule has 0 amide bonds. The molecule has 2 unspecified atom stereocenters. The second-order valence-corrected chi connectivity index (χ2v) is 8.12. The van der Waals surface area contributed by atoms with E-state index in [9.17, 15) is 8.78 Å². The fourth-order valence-corrected chi connectivity index (χ4v) is 4.16. The molecule has 3 aromatic rings. The van der Waals surface area contributed by atoms with Crippen LogP contribution in [0.2, 0.25) is 10.0 Å². The van der Waals surface area contributed by atoms with Crippen molar-refractivity contribution in [2.24, 2.45) is 0 Å². The summed E-state index contributed by atoms with van der Waals surface area (Å²) < 4.78 is 39.3. The summed E-state index contributed by atoms with van der Waals surface area (Å²) >= 11 is 12.7. The minimum Gasteiger partial charge on any atom is -0.490 e. The van der Waals surface area contributed by atoms with Crippen LogP contribution in [0.15, 0.2) is 54.6 Å². The number of rotatable bonds is 6. The zero-order valence-electron chi connectivity index (χ0n) is 16.8. The molecule has 162 valence electrons. The molecule has 0 spiro atoms. The van der Waals surface area contributed by atoms with Gasteiger partial charge in [-0.1, -0.05) is 60.5 Å². The summed E-state index contributed by atoms with van der Waals surface area (Å²) in [5.41, 5.74) is 2.65. The number of halogens is 4. The Morgan fingerprint density at radius 2 is 1.65 bits per heavy atom. The van der Waals surface area contributed by atoms with E-state index in [1.165, 1.54) is 18.2 Å². The van der Waals surface area contributed by atoms with Gasteiger partial charge in [0.05, 0.1) is 34.9 Å². The van der Waals surface area contributed by atoms with Crippen LogP contribution in [0.4, 0.5) is 8.78 Å². The molecule has 0 aromatic heterocycles. The Morgan fingerprint density at radius 1 is 1.00 bits per heavy atom. The minimum atomic E-state index is -0.834. The average molecular weight is 464 g/mol. The lowest BCUT2D eigenvalue weighted by molar-refractivity contribution is 0.0944. The summed E-state index contributed by atoms with van der Waals surface area (Å²) in [6.45, 7) is 2.86. The first-order valence-electron chi connectivity index (χ1n) is 10.0. The smallest absolute Gasteiger partial charge is 0.156 e. The molecule has 3 nitrogen and oxygen atoms in total. The fraction of sp³-hybridized carbons (Fsp3) is 0.250. The lowest BCUT2D eigenvalue weighted by atomic mass is 10.0. The summed E-state index contributed by atoms with van der Waals surface area (Å²) in [7, 11) is 0. The Kier molecular flexibility index (Phi) is 6.77. The third-order valence-corrected chi connectivity index (χ3v) is 5.70. The average Bonchev–Trinajstić information content (AvgIpc) is 3.23. The molecule has 3 aromatic carbocycles. The van der Waals surface area contributed by atoms with Crippen LogP contribution in [0.3, 0.4) is 0 Å². The standard InChI is InChI=1S/C24H21Cl2F2NO2/c1-2-10-30-23-17(25)11-16(12-18(23)26)14-6-8-15(9-7-14)21-13-31-24(29-21)22-19(27)4-3-5-20(22)28/h3-9,11-12,21,24,29H,2,10,13H2,1H3. The molecule has 0 bridgehead atoms. The zero-order valence-corrected chi connectivity index (χ0v) is 18.3. The maximum absolute atomic E-state index is 14.0. The van der Waals surface area contributed by atoms with Crippen molar-refractivity contribution in [3.63, 3.8) is 0 Å². The lowest BCUT2D eigenvalue weighted by Crippen LogP contribution is -2.20. The van der Waals surface area contributed by atoms with Crippen molar-refractivity contribution >= 4 is 23.2 Å². The Morgan fingerprint density at radius 3 is 2.26 bits per heavy atom. The highest BCUT2D eigenvalue weighted by Gasteiger charge is 2.30. The van der Waals surface area contributed by atoms with Gasteiger partial charge in [-0.15, -0.1) is 0 Å². The second kappa shape index (κ2) is 9.53. The van der Waals surface area contributed by atoms with Crippen LogP contribution >= 0.6 is 23.2 Å². The molecule has 2 atom stereocenters. The third kappa shape index (κ3) is 4.70. The van der Waals surface area contributed by atoms with Crippen molar-refractivity contribution in [1.82, 2.24) is 5.32 Å². The first-order valence-corrected chi connectivity index (χ1v) is 10.8. The molecule has 1 aliphatic heterocycles. The van der Waals surface area contributed by atoms with Gasteiger partial charge in [0.15, 0.2) is 5.75 Å². The summed E-state index contributed by atoms with van der Waals surface area (Å²) in [6, 6.07) is 15.0. The number of nitrogens with one attached hydrogen (secondary N) is 1. The number of ether oxygens (including phenoxy) is 2. The van der Waals surface area contributed by atoms with Crippen LogP contribution in [0.5, 0.6) is 5.75 Å². The Balaban J connectivity index is 1.50.